The van der Waals surface area contributed by atoms with Crippen molar-refractivity contribution in [3.8, 4) is 0 Å². The van der Waals surface area contributed by atoms with Crippen LogP contribution >= 0.6 is 0 Å². The second-order valence-corrected chi connectivity index (χ2v) is 27.3. The lowest BCUT2D eigenvalue weighted by Gasteiger charge is -2.45. The van der Waals surface area contributed by atoms with Crippen molar-refractivity contribution in [1.82, 2.24) is 4.90 Å². The van der Waals surface area contributed by atoms with E-state index in [9.17, 15) is 4.79 Å². The molecule has 0 saturated heterocycles. The molecule has 250 valence electrons. The molecule has 0 aromatic carbocycles. The normalized spacial score (nSPS) is 31.5. The van der Waals surface area contributed by atoms with Crippen LogP contribution in [-0.2, 0) is 13.6 Å². The van der Waals surface area contributed by atoms with E-state index in [0.717, 1.165) is 18.4 Å². The van der Waals surface area contributed by atoms with Crippen LogP contribution in [0, 0.1) is 23.2 Å². The Hall–Kier alpha value is -1.22. The van der Waals surface area contributed by atoms with E-state index in [1.165, 1.54) is 37.7 Å². The molecule has 6 heteroatoms. The SMILES string of the molecule is C=C1/C(=C\C=C2/CCC[C@]3(C)[C@@H]([C@H](C)/C=C/C(=O)N(C)C)CC[C@@H]23)C[C@@H](O[Si](C)(C)C(C)(C)C)C[C@@H]1O[Si](C)(C)C(C)(C)C. The van der Waals surface area contributed by atoms with E-state index in [0.29, 0.717) is 17.8 Å². The van der Waals surface area contributed by atoms with E-state index in [-0.39, 0.29) is 33.6 Å². The maximum absolute atomic E-state index is 12.2. The van der Waals surface area contributed by atoms with Crippen LogP contribution in [0.3, 0.4) is 0 Å². The second kappa shape index (κ2) is 13.5. The van der Waals surface area contributed by atoms with Gasteiger partial charge in [0, 0.05) is 20.5 Å². The Labute approximate surface area is 274 Å². The van der Waals surface area contributed by atoms with Gasteiger partial charge in [-0.3, -0.25) is 4.79 Å². The number of carbonyl (C=O) groups excluding carboxylic acids is 1. The number of hydrogen-bond donors (Lipinski definition) is 0. The van der Waals surface area contributed by atoms with Crippen LogP contribution in [0.25, 0.3) is 0 Å². The van der Waals surface area contributed by atoms with Gasteiger partial charge in [-0.2, -0.15) is 0 Å². The van der Waals surface area contributed by atoms with Gasteiger partial charge in [0.25, 0.3) is 0 Å². The fourth-order valence-electron chi connectivity index (χ4n) is 7.43. The molecule has 0 aromatic heterocycles. The first-order valence-corrected chi connectivity index (χ1v) is 23.2. The lowest BCUT2D eigenvalue weighted by molar-refractivity contribution is -0.123. The highest BCUT2D eigenvalue weighted by Crippen LogP contribution is 2.59. The number of hydrogen-bond acceptors (Lipinski definition) is 3. The molecule has 3 saturated carbocycles. The summed E-state index contributed by atoms with van der Waals surface area (Å²) in [5.41, 5.74) is 4.36. The van der Waals surface area contributed by atoms with Gasteiger partial charge in [-0.15, -0.1) is 0 Å². The fraction of sp³-hybridized carbons (Fsp3) is 0.763. The van der Waals surface area contributed by atoms with Gasteiger partial charge < -0.3 is 13.8 Å². The van der Waals surface area contributed by atoms with E-state index in [4.69, 9.17) is 8.85 Å². The van der Waals surface area contributed by atoms with Crippen molar-refractivity contribution < 1.29 is 13.6 Å². The van der Waals surface area contributed by atoms with E-state index in [1.54, 1.807) is 16.5 Å². The number of rotatable bonds is 8. The van der Waals surface area contributed by atoms with Crippen LogP contribution in [-0.4, -0.2) is 53.7 Å². The molecule has 0 N–H and O–H groups in total. The summed E-state index contributed by atoms with van der Waals surface area (Å²) in [6.45, 7) is 32.9. The molecular formula is C38H67NO3Si2. The highest BCUT2D eigenvalue weighted by atomic mass is 28.4. The Morgan fingerprint density at radius 3 is 2.16 bits per heavy atom. The molecule has 0 aromatic rings. The van der Waals surface area contributed by atoms with Crippen LogP contribution in [0.1, 0.15) is 100 Å². The van der Waals surface area contributed by atoms with E-state index < -0.39 is 16.6 Å². The number of likely N-dealkylation sites (N-methyl/N-ethyl adjacent to an activating group) is 1. The first-order valence-electron chi connectivity index (χ1n) is 17.3. The minimum Gasteiger partial charge on any atom is -0.413 e. The van der Waals surface area contributed by atoms with E-state index in [1.807, 2.05) is 14.1 Å². The third-order valence-electron chi connectivity index (χ3n) is 12.4. The highest BCUT2D eigenvalue weighted by molar-refractivity contribution is 6.74. The Morgan fingerprint density at radius 1 is 1.00 bits per heavy atom. The van der Waals surface area contributed by atoms with Gasteiger partial charge in [0.2, 0.25) is 5.91 Å². The molecule has 44 heavy (non-hydrogen) atoms. The summed E-state index contributed by atoms with van der Waals surface area (Å²) in [5, 5.41) is 0.310. The molecule has 6 atom stereocenters. The minimum absolute atomic E-state index is 0.00838. The zero-order valence-corrected chi connectivity index (χ0v) is 33.0. The number of carbonyl (C=O) groups is 1. The molecule has 3 fully saturated rings. The van der Waals surface area contributed by atoms with Crippen molar-refractivity contribution >= 4 is 22.5 Å². The van der Waals surface area contributed by atoms with Crippen molar-refractivity contribution in [2.45, 2.75) is 149 Å². The van der Waals surface area contributed by atoms with Gasteiger partial charge in [0.1, 0.15) is 0 Å². The van der Waals surface area contributed by atoms with Crippen molar-refractivity contribution in [3.05, 3.63) is 47.6 Å². The zero-order valence-electron chi connectivity index (χ0n) is 31.0. The predicted molar refractivity (Wildman–Crippen MR) is 194 cm³/mol. The lowest BCUT2D eigenvalue weighted by atomic mass is 9.61. The molecule has 3 rings (SSSR count). The summed E-state index contributed by atoms with van der Waals surface area (Å²) in [7, 11) is -0.282. The Balaban J connectivity index is 1.90. The predicted octanol–water partition coefficient (Wildman–Crippen LogP) is 10.5. The van der Waals surface area contributed by atoms with Crippen molar-refractivity contribution in [1.29, 1.82) is 0 Å². The zero-order chi connectivity index (χ0) is 33.5. The van der Waals surface area contributed by atoms with Gasteiger partial charge in [-0.25, -0.2) is 0 Å². The van der Waals surface area contributed by atoms with Crippen LogP contribution in [0.2, 0.25) is 36.3 Å². The smallest absolute Gasteiger partial charge is 0.245 e. The summed E-state index contributed by atoms with van der Waals surface area (Å²) in [4.78, 5) is 13.9. The fourth-order valence-corrected chi connectivity index (χ4v) is 10.1. The van der Waals surface area contributed by atoms with Gasteiger partial charge in [0.15, 0.2) is 16.6 Å². The molecule has 0 bridgehead atoms. The molecular weight excluding hydrogens is 575 g/mol. The molecule has 0 radical (unpaired) electrons. The Morgan fingerprint density at radius 2 is 1.59 bits per heavy atom. The third-order valence-corrected chi connectivity index (χ3v) is 21.4. The Bertz CT molecular complexity index is 1150. The molecule has 0 aliphatic heterocycles. The topological polar surface area (TPSA) is 38.8 Å². The Kier molecular flexibility index (Phi) is 11.4. The summed E-state index contributed by atoms with van der Waals surface area (Å²) in [6.07, 6.45) is 17.0. The second-order valence-electron chi connectivity index (χ2n) is 17.8. The monoisotopic (exact) mass is 641 g/mol. The largest absolute Gasteiger partial charge is 0.413 e. The molecule has 3 aliphatic rings. The van der Waals surface area contributed by atoms with Crippen LogP contribution in [0.15, 0.2) is 47.6 Å². The average Bonchev–Trinajstić information content (AvgIpc) is 3.23. The quantitative estimate of drug-likeness (QED) is 0.196. The molecule has 0 spiro atoms. The molecule has 4 nitrogen and oxygen atoms in total. The van der Waals surface area contributed by atoms with E-state index >= 15 is 0 Å². The van der Waals surface area contributed by atoms with Gasteiger partial charge in [-0.05, 0) is 115 Å². The van der Waals surface area contributed by atoms with Crippen molar-refractivity contribution in [3.63, 3.8) is 0 Å². The number of fused-ring (bicyclic) bond motifs is 1. The van der Waals surface area contributed by atoms with Crippen LogP contribution in [0.4, 0.5) is 0 Å². The maximum atomic E-state index is 12.2. The molecule has 3 aliphatic carbocycles. The third kappa shape index (κ3) is 8.19. The number of amides is 1. The van der Waals surface area contributed by atoms with Gasteiger partial charge >= 0.3 is 0 Å². The van der Waals surface area contributed by atoms with Crippen LogP contribution < -0.4 is 0 Å². The summed E-state index contributed by atoms with van der Waals surface area (Å²) in [5.74, 6) is 1.68. The highest BCUT2D eigenvalue weighted by Gasteiger charge is 2.50. The minimum atomic E-state index is -1.99. The average molecular weight is 642 g/mol. The molecule has 0 heterocycles. The first-order chi connectivity index (χ1) is 20.0. The number of allylic oxidation sites excluding steroid dienone is 4. The molecule has 0 unspecified atom stereocenters. The van der Waals surface area contributed by atoms with E-state index in [2.05, 4.69) is 106 Å². The summed E-state index contributed by atoms with van der Waals surface area (Å²) >= 11 is 0. The summed E-state index contributed by atoms with van der Waals surface area (Å²) in [6, 6.07) is 0. The van der Waals surface area contributed by atoms with Gasteiger partial charge in [0.05, 0.1) is 12.2 Å². The maximum Gasteiger partial charge on any atom is 0.245 e. The standard InChI is InChI=1S/C38H67NO3Si2/c1-27(18-23-35(40)39(10)11)32-21-22-33-29(17-16-24-38(32,33)9)19-20-30-25-31(41-43(12,13)36(3,4)5)26-34(28(30)2)42-44(14,15)37(6,7)8/h18-20,23,27,31-34H,2,16-17,21-22,24-26H2,1,3-15H3/b23-18+,29-19+,30-20-/t27-,31-,32-,33+,34+,38-/m1/s1. The first kappa shape index (κ1) is 37.2. The van der Waals surface area contributed by atoms with Crippen molar-refractivity contribution in [2.24, 2.45) is 23.2 Å². The van der Waals surface area contributed by atoms with Crippen molar-refractivity contribution in [2.75, 3.05) is 14.1 Å². The summed E-state index contributed by atoms with van der Waals surface area (Å²) < 4.78 is 14.1. The molecule has 1 amide bonds. The van der Waals surface area contributed by atoms with Gasteiger partial charge in [-0.1, -0.05) is 85.8 Å². The van der Waals surface area contributed by atoms with Crippen LogP contribution in [0.5, 0.6) is 0 Å². The number of nitrogens with zero attached hydrogens (tertiary/aromatic N) is 1. The lowest BCUT2D eigenvalue weighted by Crippen LogP contribution is -2.49.